The predicted octanol–water partition coefficient (Wildman–Crippen LogP) is 3.72. The van der Waals surface area contributed by atoms with Crippen LogP contribution in [0.1, 0.15) is 0 Å². The van der Waals surface area contributed by atoms with Crippen LogP contribution in [0, 0.1) is 6.57 Å². The van der Waals surface area contributed by atoms with Gasteiger partial charge >= 0.3 is 0 Å². The second-order valence-corrected chi connectivity index (χ2v) is 7.10. The van der Waals surface area contributed by atoms with Gasteiger partial charge in [-0.3, -0.25) is 14.9 Å². The third-order valence-electron chi connectivity index (χ3n) is 4.57. The number of thiazole rings is 1. The van der Waals surface area contributed by atoms with Crippen molar-refractivity contribution < 1.29 is 0 Å². The minimum Gasteiger partial charge on any atom is -0.398 e. The van der Waals surface area contributed by atoms with E-state index < -0.39 is 0 Å². The van der Waals surface area contributed by atoms with Crippen molar-refractivity contribution in [1.82, 2.24) is 25.1 Å². The normalized spacial score (nSPS) is 11.1. The van der Waals surface area contributed by atoms with Crippen molar-refractivity contribution in [2.75, 3.05) is 5.73 Å². The maximum absolute atomic E-state index is 12.6. The highest BCUT2D eigenvalue weighted by atomic mass is 32.1. The highest BCUT2D eigenvalue weighted by molar-refractivity contribution is 7.19. The number of aromatic nitrogens is 5. The van der Waals surface area contributed by atoms with Gasteiger partial charge in [0.1, 0.15) is 5.01 Å². The van der Waals surface area contributed by atoms with Crippen LogP contribution in [-0.2, 0) is 0 Å². The molecular formula is C19H11N7OS. The fourth-order valence-electron chi connectivity index (χ4n) is 3.31. The highest BCUT2D eigenvalue weighted by Crippen LogP contribution is 2.41. The molecule has 5 aromatic rings. The Morgan fingerprint density at radius 2 is 2.04 bits per heavy atom. The van der Waals surface area contributed by atoms with Gasteiger partial charge in [-0.15, -0.1) is 11.3 Å². The van der Waals surface area contributed by atoms with Crippen LogP contribution < -0.4 is 11.3 Å². The van der Waals surface area contributed by atoms with E-state index >= 15 is 0 Å². The maximum atomic E-state index is 12.6. The van der Waals surface area contributed by atoms with Crippen molar-refractivity contribution in [1.29, 1.82) is 0 Å². The first kappa shape index (κ1) is 16.2. The summed E-state index contributed by atoms with van der Waals surface area (Å²) in [4.78, 5) is 27.3. The average molecular weight is 385 g/mol. The highest BCUT2D eigenvalue weighted by Gasteiger charge is 2.19. The van der Waals surface area contributed by atoms with E-state index in [0.717, 1.165) is 16.5 Å². The molecule has 0 unspecified atom stereocenters. The number of hydrogen-bond acceptors (Lipinski definition) is 6. The quantitative estimate of drug-likeness (QED) is 0.316. The van der Waals surface area contributed by atoms with Crippen LogP contribution in [0.4, 0.5) is 10.7 Å². The van der Waals surface area contributed by atoms with Gasteiger partial charge in [-0.25, -0.2) is 9.83 Å². The Morgan fingerprint density at radius 1 is 1.14 bits per heavy atom. The van der Waals surface area contributed by atoms with Crippen LogP contribution in [0.15, 0.2) is 47.8 Å². The Bertz CT molecular complexity index is 1470. The first-order valence-corrected chi connectivity index (χ1v) is 9.05. The van der Waals surface area contributed by atoms with E-state index in [4.69, 9.17) is 12.3 Å². The van der Waals surface area contributed by atoms with Gasteiger partial charge in [-0.2, -0.15) is 5.10 Å². The zero-order chi connectivity index (χ0) is 19.3. The van der Waals surface area contributed by atoms with E-state index in [-0.39, 0.29) is 5.56 Å². The Hall–Kier alpha value is -4.03. The fraction of sp³-hybridized carbons (Fsp3) is 0. The van der Waals surface area contributed by atoms with Gasteiger partial charge in [0.05, 0.1) is 41.2 Å². The third kappa shape index (κ3) is 2.29. The van der Waals surface area contributed by atoms with Crippen LogP contribution in [0.3, 0.4) is 0 Å². The number of nitrogens with zero attached hydrogens (tertiary/aromatic N) is 4. The molecule has 0 atom stereocenters. The van der Waals surface area contributed by atoms with Crippen LogP contribution in [0.2, 0.25) is 0 Å². The number of rotatable bonds is 2. The van der Waals surface area contributed by atoms with Gasteiger partial charge in [0.25, 0.3) is 10.6 Å². The Kier molecular flexibility index (Phi) is 3.47. The number of fused-ring (bicyclic) bond motifs is 2. The lowest BCUT2D eigenvalue weighted by Gasteiger charge is -2.12. The van der Waals surface area contributed by atoms with Crippen LogP contribution in [0.25, 0.3) is 48.3 Å². The predicted molar refractivity (Wildman–Crippen MR) is 109 cm³/mol. The molecule has 0 aliphatic rings. The monoisotopic (exact) mass is 385 g/mol. The zero-order valence-corrected chi connectivity index (χ0v) is 15.0. The summed E-state index contributed by atoms with van der Waals surface area (Å²) in [6, 6.07) is 7.61. The number of aromatic amines is 2. The van der Waals surface area contributed by atoms with Gasteiger partial charge in [0.2, 0.25) is 0 Å². The topological polar surface area (TPSA) is 118 Å². The van der Waals surface area contributed by atoms with Crippen LogP contribution >= 0.6 is 11.3 Å². The zero-order valence-electron chi connectivity index (χ0n) is 14.2. The van der Waals surface area contributed by atoms with Crippen LogP contribution in [0.5, 0.6) is 0 Å². The van der Waals surface area contributed by atoms with Gasteiger partial charge in [-0.1, -0.05) is 12.1 Å². The van der Waals surface area contributed by atoms with E-state index in [9.17, 15) is 4.79 Å². The molecule has 8 nitrogen and oxygen atoms in total. The van der Waals surface area contributed by atoms with Gasteiger partial charge in [0.15, 0.2) is 0 Å². The lowest BCUT2D eigenvalue weighted by atomic mass is 9.95. The minimum atomic E-state index is -0.327. The molecule has 0 radical (unpaired) electrons. The number of hydrogen-bond donors (Lipinski definition) is 3. The molecule has 3 aromatic heterocycles. The first-order chi connectivity index (χ1) is 13.7. The number of nitrogens with one attached hydrogen (secondary N) is 2. The molecular weight excluding hydrogens is 374 g/mol. The second-order valence-electron chi connectivity index (χ2n) is 6.09. The summed E-state index contributed by atoms with van der Waals surface area (Å²) in [6.07, 6.45) is 4.58. The van der Waals surface area contributed by atoms with Gasteiger partial charge < -0.3 is 10.7 Å². The van der Waals surface area contributed by atoms with Crippen molar-refractivity contribution in [3.05, 3.63) is 64.8 Å². The van der Waals surface area contributed by atoms with E-state index in [2.05, 4.69) is 30.0 Å². The summed E-state index contributed by atoms with van der Waals surface area (Å²) in [5.74, 6) is 0. The molecule has 0 fully saturated rings. The van der Waals surface area contributed by atoms with E-state index in [0.29, 0.717) is 37.7 Å². The standard InChI is InChI=1S/C19H11N7OS/c1-21-14-7-22-19(28-14)11-5-10(9-3-2-4-13-12(9)6-25-26-13)16(20)15-17(11)23-8-24-18(15)27/h2-8H,20H2,(H,25,26)(H,23,24,27). The Morgan fingerprint density at radius 3 is 2.86 bits per heavy atom. The van der Waals surface area contributed by atoms with Crippen molar-refractivity contribution in [3.63, 3.8) is 0 Å². The molecule has 0 saturated carbocycles. The molecule has 28 heavy (non-hydrogen) atoms. The van der Waals surface area contributed by atoms with E-state index in [1.807, 2.05) is 24.3 Å². The first-order valence-electron chi connectivity index (χ1n) is 8.23. The lowest BCUT2D eigenvalue weighted by Crippen LogP contribution is -2.10. The molecule has 3 heterocycles. The third-order valence-corrected chi connectivity index (χ3v) is 5.49. The lowest BCUT2D eigenvalue weighted by molar-refractivity contribution is 1.12. The van der Waals surface area contributed by atoms with Crippen LogP contribution in [-0.4, -0.2) is 25.1 Å². The molecule has 4 N–H and O–H groups in total. The van der Waals surface area contributed by atoms with E-state index in [1.165, 1.54) is 23.9 Å². The summed E-state index contributed by atoms with van der Waals surface area (Å²) < 4.78 is 0. The average Bonchev–Trinajstić information content (AvgIpc) is 3.37. The second kappa shape index (κ2) is 6.00. The largest absolute Gasteiger partial charge is 0.398 e. The molecule has 9 heteroatoms. The SMILES string of the molecule is [C-]#[N+]c1cnc(-c2cc(-c3cccc4[nH]ncc34)c(N)c3c(=O)[nH]cnc23)s1. The van der Waals surface area contributed by atoms with E-state index in [1.54, 1.807) is 6.20 Å². The van der Waals surface area contributed by atoms with Gasteiger partial charge in [0, 0.05) is 22.7 Å². The van der Waals surface area contributed by atoms with Crippen molar-refractivity contribution in [3.8, 4) is 21.7 Å². The van der Waals surface area contributed by atoms with Crippen molar-refractivity contribution in [2.45, 2.75) is 0 Å². The summed E-state index contributed by atoms with van der Waals surface area (Å²) >= 11 is 1.24. The molecule has 0 aliphatic heterocycles. The number of benzene rings is 2. The fourth-order valence-corrected chi connectivity index (χ4v) is 4.03. The van der Waals surface area contributed by atoms with Gasteiger partial charge in [-0.05, 0) is 17.7 Å². The molecule has 5 rings (SSSR count). The minimum absolute atomic E-state index is 0.301. The molecule has 0 aliphatic carbocycles. The molecule has 134 valence electrons. The summed E-state index contributed by atoms with van der Waals surface area (Å²) in [5.41, 5.74) is 9.95. The Labute approximate surface area is 161 Å². The molecule has 0 saturated heterocycles. The molecule has 0 bridgehead atoms. The number of nitrogens with two attached hydrogens (primary N) is 1. The smallest absolute Gasteiger partial charge is 0.260 e. The number of nitrogen functional groups attached to an aromatic ring is 1. The summed E-state index contributed by atoms with van der Waals surface area (Å²) in [6.45, 7) is 7.19. The Balaban J connectivity index is 1.92. The molecule has 2 aromatic carbocycles. The number of anilines is 1. The molecule has 0 amide bonds. The van der Waals surface area contributed by atoms with Crippen molar-refractivity contribution in [2.24, 2.45) is 0 Å². The summed E-state index contributed by atoms with van der Waals surface area (Å²) in [7, 11) is 0. The van der Waals surface area contributed by atoms with Crippen molar-refractivity contribution >= 4 is 43.8 Å². The number of H-pyrrole nitrogens is 2. The summed E-state index contributed by atoms with van der Waals surface area (Å²) in [5, 5.41) is 9.30. The molecule has 0 spiro atoms. The maximum Gasteiger partial charge on any atom is 0.260 e.